The Kier molecular flexibility index (Phi) is 4.42. The number of nitrogens with zero attached hydrogens (tertiary/aromatic N) is 1. The molecule has 1 atom stereocenters. The monoisotopic (exact) mass is 343 g/mol. The van der Waals surface area contributed by atoms with Gasteiger partial charge in [-0.3, -0.25) is 4.79 Å². The minimum atomic E-state index is 0.210. The van der Waals surface area contributed by atoms with E-state index < -0.39 is 0 Å². The normalized spacial score (nSPS) is 20.4. The smallest absolute Gasteiger partial charge is 0.255 e. The van der Waals surface area contributed by atoms with Gasteiger partial charge in [0.15, 0.2) is 0 Å². The molecule has 0 spiro atoms. The second-order valence-electron chi connectivity index (χ2n) is 4.54. The SMILES string of the molecule is CCC1CCCCN1C(=O)c1ccccc1I. The molecule has 2 rings (SSSR count). The zero-order chi connectivity index (χ0) is 12.3. The lowest BCUT2D eigenvalue weighted by Gasteiger charge is -2.35. The van der Waals surface area contributed by atoms with Crippen molar-refractivity contribution < 1.29 is 4.79 Å². The van der Waals surface area contributed by atoms with Crippen LogP contribution in [0.5, 0.6) is 0 Å². The average molecular weight is 343 g/mol. The molecule has 0 aliphatic carbocycles. The standard InChI is InChI=1S/C14H18INO/c1-2-11-7-5-6-10-16(11)14(17)12-8-3-4-9-13(12)15/h3-4,8-9,11H,2,5-7,10H2,1H3. The van der Waals surface area contributed by atoms with Crippen LogP contribution < -0.4 is 0 Å². The van der Waals surface area contributed by atoms with Gasteiger partial charge in [0.25, 0.3) is 5.91 Å². The first-order chi connectivity index (χ1) is 8.24. The van der Waals surface area contributed by atoms with E-state index in [0.29, 0.717) is 6.04 Å². The number of halogens is 1. The third-order valence-electron chi connectivity index (χ3n) is 3.46. The van der Waals surface area contributed by atoms with Crippen molar-refractivity contribution in [3.63, 3.8) is 0 Å². The van der Waals surface area contributed by atoms with Crippen LogP contribution in [0.4, 0.5) is 0 Å². The Hall–Kier alpha value is -0.580. The lowest BCUT2D eigenvalue weighted by molar-refractivity contribution is 0.0607. The number of rotatable bonds is 2. The molecule has 0 aromatic heterocycles. The van der Waals surface area contributed by atoms with Crippen LogP contribution in [-0.4, -0.2) is 23.4 Å². The van der Waals surface area contributed by atoms with Gasteiger partial charge in [-0.05, 0) is 60.4 Å². The van der Waals surface area contributed by atoms with E-state index in [1.165, 1.54) is 6.42 Å². The van der Waals surface area contributed by atoms with E-state index in [2.05, 4.69) is 34.4 Å². The lowest BCUT2D eigenvalue weighted by atomic mass is 9.99. The van der Waals surface area contributed by atoms with Gasteiger partial charge in [-0.1, -0.05) is 19.1 Å². The molecule has 1 aliphatic heterocycles. The molecule has 92 valence electrons. The van der Waals surface area contributed by atoms with Crippen LogP contribution in [0, 0.1) is 3.57 Å². The molecule has 1 aromatic carbocycles. The highest BCUT2D eigenvalue weighted by atomic mass is 127. The van der Waals surface area contributed by atoms with Gasteiger partial charge < -0.3 is 4.90 Å². The summed E-state index contributed by atoms with van der Waals surface area (Å²) in [6, 6.07) is 8.29. The Labute approximate surface area is 117 Å². The number of amides is 1. The molecule has 3 heteroatoms. The van der Waals surface area contributed by atoms with Gasteiger partial charge in [0.2, 0.25) is 0 Å². The first-order valence-corrected chi connectivity index (χ1v) is 7.37. The number of benzene rings is 1. The van der Waals surface area contributed by atoms with Gasteiger partial charge in [-0.2, -0.15) is 0 Å². The minimum absolute atomic E-state index is 0.210. The van der Waals surface area contributed by atoms with Crippen molar-refractivity contribution >= 4 is 28.5 Å². The van der Waals surface area contributed by atoms with Gasteiger partial charge in [0.05, 0.1) is 5.56 Å². The van der Waals surface area contributed by atoms with E-state index >= 15 is 0 Å². The largest absolute Gasteiger partial charge is 0.336 e. The fourth-order valence-electron chi connectivity index (χ4n) is 2.48. The molecule has 0 saturated carbocycles. The summed E-state index contributed by atoms with van der Waals surface area (Å²) >= 11 is 2.24. The van der Waals surface area contributed by atoms with Crippen molar-refractivity contribution in [2.24, 2.45) is 0 Å². The van der Waals surface area contributed by atoms with Crippen LogP contribution in [-0.2, 0) is 0 Å². The molecular formula is C14H18INO. The summed E-state index contributed by atoms with van der Waals surface area (Å²) in [4.78, 5) is 14.6. The van der Waals surface area contributed by atoms with Crippen molar-refractivity contribution in [2.75, 3.05) is 6.54 Å². The molecule has 0 radical (unpaired) electrons. The van der Waals surface area contributed by atoms with Crippen molar-refractivity contribution in [2.45, 2.75) is 38.6 Å². The van der Waals surface area contributed by atoms with Crippen molar-refractivity contribution in [3.8, 4) is 0 Å². The second-order valence-corrected chi connectivity index (χ2v) is 5.70. The third-order valence-corrected chi connectivity index (χ3v) is 4.40. The van der Waals surface area contributed by atoms with Gasteiger partial charge in [0.1, 0.15) is 0 Å². The van der Waals surface area contributed by atoms with Crippen LogP contribution in [0.3, 0.4) is 0 Å². The number of hydrogen-bond acceptors (Lipinski definition) is 1. The van der Waals surface area contributed by atoms with Crippen molar-refractivity contribution in [3.05, 3.63) is 33.4 Å². The number of likely N-dealkylation sites (tertiary alicyclic amines) is 1. The molecule has 1 aliphatic rings. The van der Waals surface area contributed by atoms with Crippen molar-refractivity contribution in [1.82, 2.24) is 4.90 Å². The Morgan fingerprint density at radius 2 is 2.18 bits per heavy atom. The summed E-state index contributed by atoms with van der Waals surface area (Å²) in [5, 5.41) is 0. The van der Waals surface area contributed by atoms with Gasteiger partial charge in [-0.15, -0.1) is 0 Å². The van der Waals surface area contributed by atoms with Gasteiger partial charge in [-0.25, -0.2) is 0 Å². The molecule has 17 heavy (non-hydrogen) atoms. The Morgan fingerprint density at radius 1 is 1.41 bits per heavy atom. The quantitative estimate of drug-likeness (QED) is 0.750. The predicted molar refractivity (Wildman–Crippen MR) is 78.1 cm³/mol. The number of hydrogen-bond donors (Lipinski definition) is 0. The first kappa shape index (κ1) is 12.9. The molecule has 2 nitrogen and oxygen atoms in total. The van der Waals surface area contributed by atoms with E-state index in [4.69, 9.17) is 0 Å². The number of carbonyl (C=O) groups excluding carboxylic acids is 1. The molecule has 1 aromatic rings. The summed E-state index contributed by atoms with van der Waals surface area (Å²) in [5.41, 5.74) is 0.855. The van der Waals surface area contributed by atoms with Gasteiger partial charge in [0, 0.05) is 16.2 Å². The molecule has 1 saturated heterocycles. The van der Waals surface area contributed by atoms with Crippen LogP contribution >= 0.6 is 22.6 Å². The minimum Gasteiger partial charge on any atom is -0.336 e. The maximum Gasteiger partial charge on any atom is 0.255 e. The summed E-state index contributed by atoms with van der Waals surface area (Å²) in [6.07, 6.45) is 4.63. The van der Waals surface area contributed by atoms with E-state index in [1.807, 2.05) is 24.3 Å². The summed E-state index contributed by atoms with van der Waals surface area (Å²) in [6.45, 7) is 3.09. The second kappa shape index (κ2) is 5.85. The van der Waals surface area contributed by atoms with Crippen molar-refractivity contribution in [1.29, 1.82) is 0 Å². The molecule has 0 bridgehead atoms. The summed E-state index contributed by atoms with van der Waals surface area (Å²) < 4.78 is 1.05. The molecule has 0 N–H and O–H groups in total. The molecular weight excluding hydrogens is 325 g/mol. The molecule has 1 heterocycles. The van der Waals surface area contributed by atoms with E-state index in [-0.39, 0.29) is 5.91 Å². The summed E-state index contributed by atoms with van der Waals surface area (Å²) in [7, 11) is 0. The maximum atomic E-state index is 12.5. The number of piperidine rings is 1. The fraction of sp³-hybridized carbons (Fsp3) is 0.500. The van der Waals surface area contributed by atoms with E-state index in [9.17, 15) is 4.79 Å². The van der Waals surface area contributed by atoms with Gasteiger partial charge >= 0.3 is 0 Å². The highest BCUT2D eigenvalue weighted by Crippen LogP contribution is 2.23. The molecule has 1 unspecified atom stereocenters. The maximum absolute atomic E-state index is 12.5. The third kappa shape index (κ3) is 2.81. The lowest BCUT2D eigenvalue weighted by Crippen LogP contribution is -2.43. The fourth-order valence-corrected chi connectivity index (χ4v) is 3.10. The summed E-state index contributed by atoms with van der Waals surface area (Å²) in [5.74, 6) is 0.210. The molecule has 1 fully saturated rings. The Morgan fingerprint density at radius 3 is 2.88 bits per heavy atom. The molecule has 1 amide bonds. The highest BCUT2D eigenvalue weighted by Gasteiger charge is 2.26. The topological polar surface area (TPSA) is 20.3 Å². The number of carbonyl (C=O) groups is 1. The van der Waals surface area contributed by atoms with Crippen LogP contribution in [0.2, 0.25) is 0 Å². The van der Waals surface area contributed by atoms with E-state index in [0.717, 1.165) is 34.9 Å². The predicted octanol–water partition coefficient (Wildman–Crippen LogP) is 3.70. The van der Waals surface area contributed by atoms with Crippen LogP contribution in [0.25, 0.3) is 0 Å². The van der Waals surface area contributed by atoms with Crippen LogP contribution in [0.1, 0.15) is 43.0 Å². The zero-order valence-corrected chi connectivity index (χ0v) is 12.3. The first-order valence-electron chi connectivity index (χ1n) is 6.29. The Bertz CT molecular complexity index is 405. The average Bonchev–Trinajstić information content (AvgIpc) is 2.38. The Balaban J connectivity index is 2.21. The highest BCUT2D eigenvalue weighted by molar-refractivity contribution is 14.1. The zero-order valence-electron chi connectivity index (χ0n) is 10.2. The van der Waals surface area contributed by atoms with E-state index in [1.54, 1.807) is 0 Å². The van der Waals surface area contributed by atoms with Crippen LogP contribution in [0.15, 0.2) is 24.3 Å².